The van der Waals surface area contributed by atoms with Gasteiger partial charge in [-0.2, -0.15) is 0 Å². The number of piperidine rings is 1. The van der Waals surface area contributed by atoms with Crippen LogP contribution in [-0.4, -0.2) is 62.3 Å². The molecular formula is C26H34N4O3. The lowest BCUT2D eigenvalue weighted by Gasteiger charge is -2.52. The molecule has 2 aromatic rings. The van der Waals surface area contributed by atoms with Crippen LogP contribution in [0.1, 0.15) is 45.4 Å². The van der Waals surface area contributed by atoms with E-state index in [2.05, 4.69) is 11.9 Å². The molecule has 0 bridgehead atoms. The maximum absolute atomic E-state index is 13.2. The van der Waals surface area contributed by atoms with Crippen LogP contribution < -0.4 is 5.56 Å². The van der Waals surface area contributed by atoms with Gasteiger partial charge in [-0.3, -0.25) is 9.36 Å². The Morgan fingerprint density at radius 1 is 1.12 bits per heavy atom. The Kier molecular flexibility index (Phi) is 5.77. The maximum atomic E-state index is 13.2. The van der Waals surface area contributed by atoms with Gasteiger partial charge in [-0.05, 0) is 31.6 Å². The summed E-state index contributed by atoms with van der Waals surface area (Å²) in [5, 5.41) is 12.0. The zero-order chi connectivity index (χ0) is 23.1. The molecule has 7 heteroatoms. The van der Waals surface area contributed by atoms with Gasteiger partial charge in [0.05, 0.1) is 24.2 Å². The van der Waals surface area contributed by atoms with Crippen molar-refractivity contribution in [1.82, 2.24) is 19.4 Å². The predicted molar refractivity (Wildman–Crippen MR) is 127 cm³/mol. The van der Waals surface area contributed by atoms with Crippen molar-refractivity contribution in [3.63, 3.8) is 0 Å². The van der Waals surface area contributed by atoms with Crippen molar-refractivity contribution in [3.8, 4) is 11.3 Å². The van der Waals surface area contributed by atoms with E-state index in [9.17, 15) is 14.7 Å². The first-order valence-electron chi connectivity index (χ1n) is 12.3. The number of hydrogen-bond acceptors (Lipinski definition) is 4. The Balaban J connectivity index is 1.37. The van der Waals surface area contributed by atoms with Gasteiger partial charge < -0.3 is 14.9 Å². The molecule has 1 aromatic heterocycles. The SMILES string of the molecule is CC1CCN(C(=O)N2CCC(O)(Cn3cnc(-c4ccccc4)cc3=O)C3(CCCC3)C2)C1. The number of amides is 2. The van der Waals surface area contributed by atoms with Gasteiger partial charge >= 0.3 is 6.03 Å². The molecule has 2 atom stereocenters. The minimum Gasteiger partial charge on any atom is -0.387 e. The number of carbonyl (C=O) groups is 1. The largest absolute Gasteiger partial charge is 0.387 e. The van der Waals surface area contributed by atoms with E-state index in [0.717, 1.165) is 50.8 Å². The van der Waals surface area contributed by atoms with Crippen LogP contribution in [0.5, 0.6) is 0 Å². The van der Waals surface area contributed by atoms with E-state index >= 15 is 0 Å². The molecule has 2 amide bonds. The van der Waals surface area contributed by atoms with Crippen LogP contribution in [0, 0.1) is 11.3 Å². The van der Waals surface area contributed by atoms with E-state index in [-0.39, 0.29) is 23.6 Å². The molecule has 1 aromatic carbocycles. The second-order valence-corrected chi connectivity index (χ2v) is 10.4. The number of hydrogen-bond donors (Lipinski definition) is 1. The molecule has 5 rings (SSSR count). The van der Waals surface area contributed by atoms with Crippen molar-refractivity contribution < 1.29 is 9.90 Å². The molecule has 1 aliphatic carbocycles. The monoisotopic (exact) mass is 450 g/mol. The number of aromatic nitrogens is 2. The average molecular weight is 451 g/mol. The Hall–Kier alpha value is -2.67. The summed E-state index contributed by atoms with van der Waals surface area (Å²) in [5.41, 5.74) is -0.0206. The standard InChI is InChI=1S/C26H34N4O3/c1-20-9-13-28(16-20)24(32)29-14-12-26(33,25(17-29)10-5-6-11-25)18-30-19-27-22(15-23(30)31)21-7-3-2-4-8-21/h2-4,7-8,15,19-20,33H,5-6,9-14,16-18H2,1H3. The van der Waals surface area contributed by atoms with Gasteiger partial charge in [0, 0.05) is 43.2 Å². The third kappa shape index (κ3) is 4.07. The highest BCUT2D eigenvalue weighted by Gasteiger charge is 2.56. The number of benzene rings is 1. The van der Waals surface area contributed by atoms with Crippen LogP contribution in [0.2, 0.25) is 0 Å². The second-order valence-electron chi connectivity index (χ2n) is 10.4. The number of urea groups is 1. The number of nitrogens with zero attached hydrogens (tertiary/aromatic N) is 4. The van der Waals surface area contributed by atoms with Crippen molar-refractivity contribution in [3.05, 3.63) is 53.1 Å². The van der Waals surface area contributed by atoms with E-state index in [1.807, 2.05) is 40.1 Å². The highest BCUT2D eigenvalue weighted by atomic mass is 16.3. The molecule has 33 heavy (non-hydrogen) atoms. The molecule has 1 saturated carbocycles. The van der Waals surface area contributed by atoms with Crippen molar-refractivity contribution in [1.29, 1.82) is 0 Å². The molecule has 3 heterocycles. The zero-order valence-corrected chi connectivity index (χ0v) is 19.4. The molecule has 3 aliphatic rings. The third-order valence-electron chi connectivity index (χ3n) is 8.18. The molecule has 2 unspecified atom stereocenters. The van der Waals surface area contributed by atoms with Crippen LogP contribution >= 0.6 is 0 Å². The number of likely N-dealkylation sites (tertiary alicyclic amines) is 2. The highest BCUT2D eigenvalue weighted by molar-refractivity contribution is 5.75. The van der Waals surface area contributed by atoms with Crippen molar-refractivity contribution in [2.45, 2.75) is 57.6 Å². The van der Waals surface area contributed by atoms with Crippen molar-refractivity contribution in [2.24, 2.45) is 11.3 Å². The van der Waals surface area contributed by atoms with Crippen LogP contribution in [0.3, 0.4) is 0 Å². The molecule has 1 N–H and O–H groups in total. The van der Waals surface area contributed by atoms with E-state index in [1.54, 1.807) is 17.0 Å². The fourth-order valence-corrected chi connectivity index (χ4v) is 6.16. The molecule has 2 saturated heterocycles. The molecule has 176 valence electrons. The number of aliphatic hydroxyl groups is 1. The summed E-state index contributed by atoms with van der Waals surface area (Å²) in [6.45, 7) is 5.14. The minimum atomic E-state index is -1.03. The summed E-state index contributed by atoms with van der Waals surface area (Å²) in [7, 11) is 0. The Bertz CT molecular complexity index is 1060. The van der Waals surface area contributed by atoms with Gasteiger partial charge in [-0.25, -0.2) is 9.78 Å². The van der Waals surface area contributed by atoms with Gasteiger partial charge in [-0.1, -0.05) is 50.1 Å². The molecule has 1 spiro atoms. The van der Waals surface area contributed by atoms with Gasteiger partial charge in [0.2, 0.25) is 0 Å². The quantitative estimate of drug-likeness (QED) is 0.778. The summed E-state index contributed by atoms with van der Waals surface area (Å²) in [6, 6.07) is 11.3. The Morgan fingerprint density at radius 3 is 2.55 bits per heavy atom. The van der Waals surface area contributed by atoms with E-state index in [4.69, 9.17) is 0 Å². The van der Waals surface area contributed by atoms with E-state index in [1.165, 1.54) is 0 Å². The topological polar surface area (TPSA) is 78.7 Å². The fourth-order valence-electron chi connectivity index (χ4n) is 6.16. The molecule has 7 nitrogen and oxygen atoms in total. The number of rotatable bonds is 3. The summed E-state index contributed by atoms with van der Waals surface area (Å²) < 4.78 is 1.55. The van der Waals surface area contributed by atoms with Gasteiger partial charge in [-0.15, -0.1) is 0 Å². The maximum Gasteiger partial charge on any atom is 0.320 e. The zero-order valence-electron chi connectivity index (χ0n) is 19.4. The van der Waals surface area contributed by atoms with Gasteiger partial charge in [0.1, 0.15) is 0 Å². The lowest BCUT2D eigenvalue weighted by Crippen LogP contribution is -2.63. The van der Waals surface area contributed by atoms with E-state index in [0.29, 0.717) is 31.1 Å². The van der Waals surface area contributed by atoms with Crippen LogP contribution in [0.4, 0.5) is 4.79 Å². The van der Waals surface area contributed by atoms with Crippen molar-refractivity contribution in [2.75, 3.05) is 26.2 Å². The second kappa shape index (κ2) is 8.60. The average Bonchev–Trinajstić information content (AvgIpc) is 3.47. The number of carbonyl (C=O) groups excluding carboxylic acids is 1. The third-order valence-corrected chi connectivity index (χ3v) is 8.18. The Morgan fingerprint density at radius 2 is 1.88 bits per heavy atom. The summed E-state index contributed by atoms with van der Waals surface area (Å²) in [6.07, 6.45) is 6.96. The molecule has 2 aliphatic heterocycles. The summed E-state index contributed by atoms with van der Waals surface area (Å²) in [4.78, 5) is 34.6. The first-order chi connectivity index (χ1) is 15.9. The minimum absolute atomic E-state index is 0.110. The molecule has 3 fully saturated rings. The van der Waals surface area contributed by atoms with Gasteiger partial charge in [0.15, 0.2) is 0 Å². The summed E-state index contributed by atoms with van der Waals surface area (Å²) in [5.74, 6) is 0.550. The molecule has 0 radical (unpaired) electrons. The van der Waals surface area contributed by atoms with Crippen molar-refractivity contribution >= 4 is 6.03 Å². The van der Waals surface area contributed by atoms with Gasteiger partial charge in [0.25, 0.3) is 5.56 Å². The lowest BCUT2D eigenvalue weighted by molar-refractivity contribution is -0.136. The first kappa shape index (κ1) is 22.1. The van der Waals surface area contributed by atoms with Crippen LogP contribution in [0.15, 0.2) is 47.5 Å². The fraction of sp³-hybridized carbons (Fsp3) is 0.577. The highest BCUT2D eigenvalue weighted by Crippen LogP contribution is 2.51. The predicted octanol–water partition coefficient (Wildman–Crippen LogP) is 3.37. The first-order valence-corrected chi connectivity index (χ1v) is 12.3. The normalized spacial score (nSPS) is 26.8. The smallest absolute Gasteiger partial charge is 0.320 e. The summed E-state index contributed by atoms with van der Waals surface area (Å²) >= 11 is 0. The van der Waals surface area contributed by atoms with E-state index < -0.39 is 5.60 Å². The lowest BCUT2D eigenvalue weighted by atomic mass is 9.66. The van der Waals surface area contributed by atoms with Crippen LogP contribution in [-0.2, 0) is 6.54 Å². The molecular weight excluding hydrogens is 416 g/mol. The van der Waals surface area contributed by atoms with Crippen LogP contribution in [0.25, 0.3) is 11.3 Å². The Labute approximate surface area is 195 Å².